The van der Waals surface area contributed by atoms with Gasteiger partial charge in [-0.15, -0.1) is 0 Å². The molecule has 1 aromatic rings. The van der Waals surface area contributed by atoms with Crippen molar-refractivity contribution in [2.24, 2.45) is 11.3 Å². The molecular weight excluding hydrogens is 262 g/mol. The van der Waals surface area contributed by atoms with Gasteiger partial charge in [0.2, 0.25) is 0 Å². The molecule has 0 amide bonds. The Morgan fingerprint density at radius 1 is 1.14 bits per heavy atom. The van der Waals surface area contributed by atoms with E-state index in [1.807, 2.05) is 0 Å². The largest absolute Gasteiger partial charge is 0.396 e. The highest BCUT2D eigenvalue weighted by atomic mass is 16.5. The quantitative estimate of drug-likeness (QED) is 0.846. The van der Waals surface area contributed by atoms with Gasteiger partial charge in [-0.2, -0.15) is 0 Å². The fraction of sp³-hybridized carbons (Fsp3) is 0.667. The summed E-state index contributed by atoms with van der Waals surface area (Å²) in [4.78, 5) is 0. The van der Waals surface area contributed by atoms with Crippen LogP contribution < -0.4 is 5.32 Å². The molecule has 3 rings (SSSR count). The summed E-state index contributed by atoms with van der Waals surface area (Å²) >= 11 is 0. The van der Waals surface area contributed by atoms with Gasteiger partial charge in [0.1, 0.15) is 0 Å². The van der Waals surface area contributed by atoms with Crippen LogP contribution in [0.5, 0.6) is 0 Å². The number of aliphatic hydroxyl groups is 1. The Bertz CT molecular complexity index is 419. The molecule has 1 aliphatic carbocycles. The van der Waals surface area contributed by atoms with Gasteiger partial charge >= 0.3 is 0 Å². The highest BCUT2D eigenvalue weighted by Crippen LogP contribution is 2.35. The minimum absolute atomic E-state index is 0.0539. The maximum atomic E-state index is 9.61. The molecule has 1 heterocycles. The van der Waals surface area contributed by atoms with E-state index in [-0.39, 0.29) is 12.0 Å². The van der Waals surface area contributed by atoms with Crippen molar-refractivity contribution in [1.29, 1.82) is 0 Å². The van der Waals surface area contributed by atoms with E-state index in [4.69, 9.17) is 4.74 Å². The van der Waals surface area contributed by atoms with Crippen LogP contribution in [0.4, 0.5) is 0 Å². The predicted molar refractivity (Wildman–Crippen MR) is 84.1 cm³/mol. The Kier molecular flexibility index (Phi) is 4.94. The Morgan fingerprint density at radius 2 is 1.86 bits per heavy atom. The number of hydrogen-bond donors (Lipinski definition) is 2. The van der Waals surface area contributed by atoms with Gasteiger partial charge in [0.05, 0.1) is 25.2 Å². The topological polar surface area (TPSA) is 41.5 Å². The van der Waals surface area contributed by atoms with Crippen LogP contribution in [0.15, 0.2) is 30.3 Å². The molecule has 0 bridgehead atoms. The lowest BCUT2D eigenvalue weighted by atomic mass is 9.80. The van der Waals surface area contributed by atoms with Gasteiger partial charge in [0.15, 0.2) is 0 Å². The first-order valence-electron chi connectivity index (χ1n) is 8.30. The Balaban J connectivity index is 1.69. The van der Waals surface area contributed by atoms with Crippen molar-refractivity contribution in [1.82, 2.24) is 5.32 Å². The van der Waals surface area contributed by atoms with Crippen LogP contribution in [-0.2, 0) is 4.74 Å². The number of ether oxygens (including phenoxy) is 1. The summed E-state index contributed by atoms with van der Waals surface area (Å²) in [6.45, 7) is 2.43. The summed E-state index contributed by atoms with van der Waals surface area (Å²) in [6.07, 6.45) is 6.71. The average molecular weight is 289 g/mol. The normalized spacial score (nSPS) is 23.5. The Hall–Kier alpha value is -0.900. The third-order valence-corrected chi connectivity index (χ3v) is 5.13. The van der Waals surface area contributed by atoms with Crippen LogP contribution in [0.3, 0.4) is 0 Å². The summed E-state index contributed by atoms with van der Waals surface area (Å²) in [6, 6.07) is 11.2. The third-order valence-electron chi connectivity index (χ3n) is 5.13. The molecule has 1 aromatic carbocycles. The monoisotopic (exact) mass is 289 g/mol. The molecule has 1 unspecified atom stereocenters. The molecule has 0 aromatic heterocycles. The average Bonchev–Trinajstić information content (AvgIpc) is 2.52. The molecule has 1 atom stereocenters. The molecule has 3 heteroatoms. The van der Waals surface area contributed by atoms with E-state index in [1.165, 1.54) is 37.7 Å². The summed E-state index contributed by atoms with van der Waals surface area (Å²) in [5.41, 5.74) is 1.33. The predicted octanol–water partition coefficient (Wildman–Crippen LogP) is 2.91. The van der Waals surface area contributed by atoms with E-state index >= 15 is 0 Å². The lowest BCUT2D eigenvalue weighted by Gasteiger charge is -2.42. The first-order chi connectivity index (χ1) is 10.3. The van der Waals surface area contributed by atoms with Gasteiger partial charge in [-0.3, -0.25) is 0 Å². The molecule has 0 spiro atoms. The number of nitrogens with one attached hydrogen (secondary N) is 1. The van der Waals surface area contributed by atoms with Crippen molar-refractivity contribution >= 4 is 0 Å². The molecule has 2 fully saturated rings. The molecule has 2 N–H and O–H groups in total. The van der Waals surface area contributed by atoms with E-state index in [2.05, 4.69) is 35.6 Å². The van der Waals surface area contributed by atoms with Crippen LogP contribution >= 0.6 is 0 Å². The lowest BCUT2D eigenvalue weighted by Crippen LogP contribution is -2.53. The maximum absolute atomic E-state index is 9.61. The van der Waals surface area contributed by atoms with Gasteiger partial charge < -0.3 is 15.2 Å². The molecule has 3 nitrogen and oxygen atoms in total. The van der Waals surface area contributed by atoms with E-state index in [0.717, 1.165) is 12.5 Å². The second kappa shape index (κ2) is 6.91. The zero-order chi connectivity index (χ0) is 14.5. The minimum atomic E-state index is -0.0539. The van der Waals surface area contributed by atoms with Crippen LogP contribution in [0.25, 0.3) is 0 Å². The first-order valence-corrected chi connectivity index (χ1v) is 8.30. The smallest absolute Gasteiger partial charge is 0.0579 e. The molecular formula is C18H27NO2. The third kappa shape index (κ3) is 3.47. The molecule has 0 radical (unpaired) electrons. The van der Waals surface area contributed by atoms with E-state index in [9.17, 15) is 5.11 Å². The number of benzene rings is 1. The second-order valence-corrected chi connectivity index (χ2v) is 6.82. The highest BCUT2D eigenvalue weighted by molar-refractivity contribution is 5.20. The van der Waals surface area contributed by atoms with Gasteiger partial charge in [-0.25, -0.2) is 0 Å². The number of rotatable bonds is 6. The van der Waals surface area contributed by atoms with Gasteiger partial charge in [-0.05, 0) is 24.3 Å². The van der Waals surface area contributed by atoms with Crippen molar-refractivity contribution in [2.45, 2.75) is 38.1 Å². The minimum Gasteiger partial charge on any atom is -0.396 e. The van der Waals surface area contributed by atoms with Gasteiger partial charge in [0, 0.05) is 12.6 Å². The van der Waals surface area contributed by atoms with Crippen LogP contribution in [0.2, 0.25) is 0 Å². The van der Waals surface area contributed by atoms with Crippen molar-refractivity contribution in [3.63, 3.8) is 0 Å². The maximum Gasteiger partial charge on any atom is 0.0579 e. The van der Waals surface area contributed by atoms with Crippen molar-refractivity contribution in [2.75, 3.05) is 26.4 Å². The zero-order valence-electron chi connectivity index (χ0n) is 12.8. The Labute approximate surface area is 127 Å². The number of hydrogen-bond acceptors (Lipinski definition) is 3. The molecule has 2 aliphatic rings. The van der Waals surface area contributed by atoms with Gasteiger partial charge in [-0.1, -0.05) is 49.6 Å². The standard InChI is InChI=1S/C18H27NO2/c20-12-18(13-21-14-18)11-19-17(15-7-3-1-4-8-15)16-9-5-2-6-10-16/h1,3-4,7-8,16-17,19-20H,2,5-6,9-14H2. The second-order valence-electron chi connectivity index (χ2n) is 6.82. The van der Waals surface area contributed by atoms with Crippen LogP contribution in [0.1, 0.15) is 43.7 Å². The number of aliphatic hydroxyl groups excluding tert-OH is 1. The first kappa shape index (κ1) is 15.0. The summed E-state index contributed by atoms with van der Waals surface area (Å²) in [5.74, 6) is 0.720. The van der Waals surface area contributed by atoms with E-state index < -0.39 is 0 Å². The van der Waals surface area contributed by atoms with E-state index in [1.54, 1.807) is 0 Å². The molecule has 1 saturated heterocycles. The molecule has 116 valence electrons. The summed E-state index contributed by atoms with van der Waals surface area (Å²) in [5, 5.41) is 13.4. The molecule has 1 aliphatic heterocycles. The van der Waals surface area contributed by atoms with Crippen molar-refractivity contribution in [3.8, 4) is 0 Å². The Morgan fingerprint density at radius 3 is 2.43 bits per heavy atom. The fourth-order valence-electron chi connectivity index (χ4n) is 3.65. The molecule has 21 heavy (non-hydrogen) atoms. The van der Waals surface area contributed by atoms with E-state index in [0.29, 0.717) is 19.3 Å². The van der Waals surface area contributed by atoms with Crippen LogP contribution in [-0.4, -0.2) is 31.5 Å². The van der Waals surface area contributed by atoms with Gasteiger partial charge in [0.25, 0.3) is 0 Å². The highest BCUT2D eigenvalue weighted by Gasteiger charge is 2.39. The van der Waals surface area contributed by atoms with Crippen LogP contribution in [0, 0.1) is 11.3 Å². The fourth-order valence-corrected chi connectivity index (χ4v) is 3.65. The summed E-state index contributed by atoms with van der Waals surface area (Å²) < 4.78 is 5.31. The zero-order valence-corrected chi connectivity index (χ0v) is 12.8. The van der Waals surface area contributed by atoms with Crippen molar-refractivity contribution in [3.05, 3.63) is 35.9 Å². The SMILES string of the molecule is OCC1(CNC(c2ccccc2)C2CCCCC2)COC1. The lowest BCUT2D eigenvalue weighted by molar-refractivity contribution is -0.135. The summed E-state index contributed by atoms with van der Waals surface area (Å²) in [7, 11) is 0. The van der Waals surface area contributed by atoms with Crippen molar-refractivity contribution < 1.29 is 9.84 Å². The molecule has 1 saturated carbocycles.